The van der Waals surface area contributed by atoms with Crippen molar-refractivity contribution in [2.75, 3.05) is 5.73 Å². The SMILES string of the molecule is N#Cc1c(-c2ccccc2)c2c(N)ncnc2[nH]c1=S. The van der Waals surface area contributed by atoms with E-state index in [0.717, 1.165) is 5.56 Å². The minimum absolute atomic E-state index is 0.316. The number of nitrogens with two attached hydrogens (primary N) is 1. The zero-order chi connectivity index (χ0) is 14.1. The fraction of sp³-hybridized carbons (Fsp3) is 0. The van der Waals surface area contributed by atoms with Crippen LogP contribution in [0.25, 0.3) is 22.2 Å². The summed E-state index contributed by atoms with van der Waals surface area (Å²) in [7, 11) is 0. The molecule has 1 aromatic carbocycles. The van der Waals surface area contributed by atoms with Gasteiger partial charge in [-0.3, -0.25) is 0 Å². The van der Waals surface area contributed by atoms with Crippen LogP contribution in [-0.4, -0.2) is 15.0 Å². The van der Waals surface area contributed by atoms with Crippen molar-refractivity contribution in [2.45, 2.75) is 0 Å². The molecule has 5 nitrogen and oxygen atoms in total. The van der Waals surface area contributed by atoms with Gasteiger partial charge in [0.15, 0.2) is 0 Å². The molecule has 3 rings (SSSR count). The van der Waals surface area contributed by atoms with Gasteiger partial charge < -0.3 is 10.7 Å². The van der Waals surface area contributed by atoms with E-state index >= 15 is 0 Å². The smallest absolute Gasteiger partial charge is 0.144 e. The van der Waals surface area contributed by atoms with E-state index in [9.17, 15) is 5.26 Å². The third-order valence-electron chi connectivity index (χ3n) is 3.01. The number of nitrogen functional groups attached to an aromatic ring is 1. The van der Waals surface area contributed by atoms with E-state index in [0.29, 0.717) is 32.6 Å². The van der Waals surface area contributed by atoms with Crippen LogP contribution < -0.4 is 5.73 Å². The van der Waals surface area contributed by atoms with Crippen LogP contribution in [0.3, 0.4) is 0 Å². The van der Waals surface area contributed by atoms with Crippen LogP contribution in [0.2, 0.25) is 0 Å². The summed E-state index contributed by atoms with van der Waals surface area (Å²) in [6.07, 6.45) is 1.36. The highest BCUT2D eigenvalue weighted by Crippen LogP contribution is 2.33. The third kappa shape index (κ3) is 1.81. The van der Waals surface area contributed by atoms with Gasteiger partial charge in [0.05, 0.1) is 10.9 Å². The molecule has 0 aliphatic rings. The Morgan fingerprint density at radius 3 is 2.65 bits per heavy atom. The first-order valence-electron chi connectivity index (χ1n) is 5.84. The minimum Gasteiger partial charge on any atom is -0.383 e. The van der Waals surface area contributed by atoms with Gasteiger partial charge in [-0.05, 0) is 5.56 Å². The van der Waals surface area contributed by atoms with Gasteiger partial charge in [-0.2, -0.15) is 5.26 Å². The monoisotopic (exact) mass is 279 g/mol. The van der Waals surface area contributed by atoms with E-state index in [4.69, 9.17) is 18.0 Å². The summed E-state index contributed by atoms with van der Waals surface area (Å²) in [6, 6.07) is 11.6. The maximum absolute atomic E-state index is 9.39. The Morgan fingerprint density at radius 2 is 1.95 bits per heavy atom. The van der Waals surface area contributed by atoms with Gasteiger partial charge in [-0.1, -0.05) is 42.5 Å². The molecule has 0 bridgehead atoms. The topological polar surface area (TPSA) is 91.4 Å². The number of fused-ring (bicyclic) bond motifs is 1. The van der Waals surface area contributed by atoms with Gasteiger partial charge in [0.25, 0.3) is 0 Å². The number of benzene rings is 1. The molecule has 0 atom stereocenters. The molecule has 0 aliphatic carbocycles. The van der Waals surface area contributed by atoms with Crippen LogP contribution in [0.1, 0.15) is 5.56 Å². The molecule has 0 saturated heterocycles. The Labute approximate surface area is 119 Å². The van der Waals surface area contributed by atoms with Crippen molar-refractivity contribution < 1.29 is 0 Å². The zero-order valence-corrected chi connectivity index (χ0v) is 11.1. The fourth-order valence-electron chi connectivity index (χ4n) is 2.15. The lowest BCUT2D eigenvalue weighted by molar-refractivity contribution is 1.18. The number of rotatable bonds is 1. The highest BCUT2D eigenvalue weighted by molar-refractivity contribution is 7.71. The van der Waals surface area contributed by atoms with Crippen molar-refractivity contribution in [1.82, 2.24) is 15.0 Å². The van der Waals surface area contributed by atoms with Crippen LogP contribution in [0.5, 0.6) is 0 Å². The molecule has 0 fully saturated rings. The highest BCUT2D eigenvalue weighted by atomic mass is 32.1. The van der Waals surface area contributed by atoms with Gasteiger partial charge in [0, 0.05) is 5.56 Å². The van der Waals surface area contributed by atoms with Crippen LogP contribution in [-0.2, 0) is 0 Å². The van der Waals surface area contributed by atoms with Crippen molar-refractivity contribution in [3.8, 4) is 17.2 Å². The summed E-state index contributed by atoms with van der Waals surface area (Å²) < 4.78 is 0.344. The molecule has 3 aromatic rings. The first-order chi connectivity index (χ1) is 9.72. The van der Waals surface area contributed by atoms with Crippen LogP contribution in [0, 0.1) is 16.0 Å². The van der Waals surface area contributed by atoms with Gasteiger partial charge in [-0.25, -0.2) is 9.97 Å². The molecular weight excluding hydrogens is 270 g/mol. The molecule has 3 N–H and O–H groups in total. The molecule has 0 saturated carbocycles. The normalized spacial score (nSPS) is 10.3. The number of hydrogen-bond acceptors (Lipinski definition) is 5. The summed E-state index contributed by atoms with van der Waals surface area (Å²) in [6.45, 7) is 0. The molecule has 0 aliphatic heterocycles. The molecule has 20 heavy (non-hydrogen) atoms. The molecule has 0 unspecified atom stereocenters. The Kier molecular flexibility index (Phi) is 2.89. The number of nitriles is 1. The van der Waals surface area contributed by atoms with Crippen molar-refractivity contribution in [1.29, 1.82) is 5.26 Å². The maximum atomic E-state index is 9.39. The van der Waals surface area contributed by atoms with Crippen LogP contribution in [0.4, 0.5) is 5.82 Å². The van der Waals surface area contributed by atoms with E-state index in [1.165, 1.54) is 6.33 Å². The average Bonchev–Trinajstić information content (AvgIpc) is 2.47. The Hall–Kier alpha value is -2.78. The van der Waals surface area contributed by atoms with Crippen LogP contribution in [0.15, 0.2) is 36.7 Å². The lowest BCUT2D eigenvalue weighted by Gasteiger charge is -2.10. The number of nitrogens with one attached hydrogen (secondary N) is 1. The second-order valence-corrected chi connectivity index (χ2v) is 4.57. The minimum atomic E-state index is 0.316. The van der Waals surface area contributed by atoms with E-state index < -0.39 is 0 Å². The number of pyridine rings is 1. The van der Waals surface area contributed by atoms with Crippen molar-refractivity contribution in [3.05, 3.63) is 46.9 Å². The Bertz CT molecular complexity index is 893. The first kappa shape index (κ1) is 12.3. The van der Waals surface area contributed by atoms with Gasteiger partial charge >= 0.3 is 0 Å². The number of hydrogen-bond donors (Lipinski definition) is 2. The zero-order valence-electron chi connectivity index (χ0n) is 10.3. The standard InChI is InChI=1S/C14H9N5S/c15-6-9-10(8-4-2-1-3-5-8)11-12(16)17-7-18-13(11)19-14(9)20/h1-5,7H,(H3,16,17,18,19,20). The molecule has 0 spiro atoms. The molecule has 96 valence electrons. The predicted molar refractivity (Wildman–Crippen MR) is 79.3 cm³/mol. The lowest BCUT2D eigenvalue weighted by Crippen LogP contribution is -2.00. The van der Waals surface area contributed by atoms with E-state index in [2.05, 4.69) is 21.0 Å². The Balaban J connectivity index is 2.57. The Morgan fingerprint density at radius 1 is 1.20 bits per heavy atom. The highest BCUT2D eigenvalue weighted by Gasteiger charge is 2.15. The van der Waals surface area contributed by atoms with Crippen molar-refractivity contribution >= 4 is 29.1 Å². The lowest BCUT2D eigenvalue weighted by atomic mass is 9.98. The van der Waals surface area contributed by atoms with Crippen molar-refractivity contribution in [2.24, 2.45) is 0 Å². The predicted octanol–water partition coefficient (Wildman–Crippen LogP) is 2.81. The van der Waals surface area contributed by atoms with E-state index in [1.54, 1.807) is 0 Å². The van der Waals surface area contributed by atoms with Crippen LogP contribution >= 0.6 is 12.2 Å². The average molecular weight is 279 g/mol. The number of aromatic nitrogens is 3. The molecule has 6 heteroatoms. The summed E-state index contributed by atoms with van der Waals surface area (Å²) in [5.41, 5.74) is 8.39. The largest absolute Gasteiger partial charge is 0.383 e. The third-order valence-corrected chi connectivity index (χ3v) is 3.32. The number of aromatic amines is 1. The number of H-pyrrole nitrogens is 1. The van der Waals surface area contributed by atoms with Gasteiger partial charge in [-0.15, -0.1) is 0 Å². The molecular formula is C14H9N5S. The molecule has 0 radical (unpaired) electrons. The maximum Gasteiger partial charge on any atom is 0.144 e. The summed E-state index contributed by atoms with van der Waals surface area (Å²) >= 11 is 5.23. The number of anilines is 1. The number of nitrogens with zero attached hydrogens (tertiary/aromatic N) is 3. The summed E-state index contributed by atoms with van der Waals surface area (Å²) in [5, 5.41) is 10.0. The summed E-state index contributed by atoms with van der Waals surface area (Å²) in [5.74, 6) is 0.316. The molecule has 2 heterocycles. The first-order valence-corrected chi connectivity index (χ1v) is 6.25. The quantitative estimate of drug-likeness (QED) is 0.668. The van der Waals surface area contributed by atoms with Gasteiger partial charge in [0.2, 0.25) is 0 Å². The van der Waals surface area contributed by atoms with E-state index in [1.807, 2.05) is 30.3 Å². The fourth-order valence-corrected chi connectivity index (χ4v) is 2.39. The van der Waals surface area contributed by atoms with Gasteiger partial charge in [0.1, 0.15) is 28.5 Å². The molecule has 0 amide bonds. The molecule has 2 aromatic heterocycles. The van der Waals surface area contributed by atoms with Crippen molar-refractivity contribution in [3.63, 3.8) is 0 Å². The second-order valence-electron chi connectivity index (χ2n) is 4.16. The second kappa shape index (κ2) is 4.72. The van der Waals surface area contributed by atoms with E-state index in [-0.39, 0.29) is 0 Å². The summed E-state index contributed by atoms with van der Waals surface area (Å²) in [4.78, 5) is 11.1.